The van der Waals surface area contributed by atoms with Gasteiger partial charge >= 0.3 is 6.03 Å². The molecule has 0 unspecified atom stereocenters. The van der Waals surface area contributed by atoms with Gasteiger partial charge in [0, 0.05) is 19.7 Å². The predicted octanol–water partition coefficient (Wildman–Crippen LogP) is 1.41. The molecule has 0 aromatic heterocycles. The molecule has 0 spiro atoms. The largest absolute Gasteiger partial charge is 0.388 e. The van der Waals surface area contributed by atoms with Gasteiger partial charge in [-0.2, -0.15) is 0 Å². The summed E-state index contributed by atoms with van der Waals surface area (Å²) < 4.78 is 5.12. The van der Waals surface area contributed by atoms with Crippen molar-refractivity contribution in [2.24, 2.45) is 0 Å². The lowest BCUT2D eigenvalue weighted by Crippen LogP contribution is -2.46. The minimum Gasteiger partial charge on any atom is -0.388 e. The number of urea groups is 1. The summed E-state index contributed by atoms with van der Waals surface area (Å²) in [5.41, 5.74) is -0.715. The Kier molecular flexibility index (Phi) is 7.05. The van der Waals surface area contributed by atoms with E-state index < -0.39 is 5.60 Å². The standard InChI is InChI=1S/C13H26N2O3/c1-2-18-10-9-14-12(16)15-11-13(17)7-5-3-4-6-8-13/h17H,2-11H2,1H3,(H2,14,15,16). The lowest BCUT2D eigenvalue weighted by Gasteiger charge is -2.26. The predicted molar refractivity (Wildman–Crippen MR) is 70.5 cm³/mol. The molecular weight excluding hydrogens is 232 g/mol. The van der Waals surface area contributed by atoms with E-state index in [0.29, 0.717) is 26.3 Å². The van der Waals surface area contributed by atoms with Crippen molar-refractivity contribution in [1.82, 2.24) is 10.6 Å². The van der Waals surface area contributed by atoms with Crippen LogP contribution in [0.3, 0.4) is 0 Å². The quantitative estimate of drug-likeness (QED) is 0.498. The van der Waals surface area contributed by atoms with Crippen LogP contribution in [-0.4, -0.2) is 43.0 Å². The number of carbonyl (C=O) groups is 1. The smallest absolute Gasteiger partial charge is 0.314 e. The van der Waals surface area contributed by atoms with Gasteiger partial charge in [0.25, 0.3) is 0 Å². The van der Waals surface area contributed by atoms with Crippen LogP contribution < -0.4 is 10.6 Å². The van der Waals surface area contributed by atoms with E-state index in [9.17, 15) is 9.90 Å². The van der Waals surface area contributed by atoms with Crippen molar-refractivity contribution in [3.63, 3.8) is 0 Å². The number of carbonyl (C=O) groups excluding carboxylic acids is 1. The molecule has 5 heteroatoms. The van der Waals surface area contributed by atoms with Crippen LogP contribution in [0.5, 0.6) is 0 Å². The Labute approximate surface area is 109 Å². The maximum absolute atomic E-state index is 11.5. The van der Waals surface area contributed by atoms with Gasteiger partial charge in [0.15, 0.2) is 0 Å². The fraction of sp³-hybridized carbons (Fsp3) is 0.923. The van der Waals surface area contributed by atoms with Gasteiger partial charge in [-0.05, 0) is 19.8 Å². The average molecular weight is 258 g/mol. The molecule has 106 valence electrons. The minimum atomic E-state index is -0.715. The molecule has 2 amide bonds. The average Bonchev–Trinajstić information content (AvgIpc) is 2.58. The molecule has 1 rings (SSSR count). The van der Waals surface area contributed by atoms with Crippen molar-refractivity contribution in [2.75, 3.05) is 26.3 Å². The van der Waals surface area contributed by atoms with Gasteiger partial charge in [0.2, 0.25) is 0 Å². The van der Waals surface area contributed by atoms with Gasteiger partial charge in [0.1, 0.15) is 0 Å². The number of amides is 2. The van der Waals surface area contributed by atoms with E-state index in [1.54, 1.807) is 0 Å². The van der Waals surface area contributed by atoms with Crippen LogP contribution in [0.25, 0.3) is 0 Å². The lowest BCUT2D eigenvalue weighted by molar-refractivity contribution is 0.0276. The van der Waals surface area contributed by atoms with Crippen LogP contribution in [0.2, 0.25) is 0 Å². The van der Waals surface area contributed by atoms with Crippen molar-refractivity contribution in [3.8, 4) is 0 Å². The Hall–Kier alpha value is -0.810. The van der Waals surface area contributed by atoms with E-state index in [-0.39, 0.29) is 6.03 Å². The van der Waals surface area contributed by atoms with Crippen LogP contribution in [0.4, 0.5) is 4.79 Å². The number of hydrogen-bond acceptors (Lipinski definition) is 3. The number of nitrogens with one attached hydrogen (secondary N) is 2. The molecule has 0 saturated heterocycles. The third kappa shape index (κ3) is 6.21. The summed E-state index contributed by atoms with van der Waals surface area (Å²) in [6, 6.07) is -0.229. The number of rotatable bonds is 6. The molecular formula is C13H26N2O3. The Bertz CT molecular complexity index is 238. The van der Waals surface area contributed by atoms with E-state index in [4.69, 9.17) is 4.74 Å². The highest BCUT2D eigenvalue weighted by Crippen LogP contribution is 2.26. The van der Waals surface area contributed by atoms with E-state index in [2.05, 4.69) is 10.6 Å². The Morgan fingerprint density at radius 2 is 1.89 bits per heavy atom. The summed E-state index contributed by atoms with van der Waals surface area (Å²) in [5, 5.41) is 15.8. The molecule has 1 saturated carbocycles. The molecule has 5 nitrogen and oxygen atoms in total. The van der Waals surface area contributed by atoms with Crippen molar-refractivity contribution in [1.29, 1.82) is 0 Å². The molecule has 1 fully saturated rings. The zero-order valence-corrected chi connectivity index (χ0v) is 11.3. The Morgan fingerprint density at radius 1 is 1.22 bits per heavy atom. The third-order valence-corrected chi connectivity index (χ3v) is 3.35. The lowest BCUT2D eigenvalue weighted by atomic mass is 9.95. The number of hydrogen-bond donors (Lipinski definition) is 3. The summed E-state index contributed by atoms with van der Waals surface area (Å²) in [6.07, 6.45) is 6.03. The molecule has 1 aliphatic carbocycles. The van der Waals surface area contributed by atoms with Gasteiger partial charge in [-0.3, -0.25) is 0 Å². The highest BCUT2D eigenvalue weighted by Gasteiger charge is 2.28. The Morgan fingerprint density at radius 3 is 2.50 bits per heavy atom. The number of aliphatic hydroxyl groups is 1. The van der Waals surface area contributed by atoms with Gasteiger partial charge in [-0.1, -0.05) is 25.7 Å². The molecule has 3 N–H and O–H groups in total. The second-order valence-electron chi connectivity index (χ2n) is 4.94. The van der Waals surface area contributed by atoms with Gasteiger partial charge in [-0.15, -0.1) is 0 Å². The van der Waals surface area contributed by atoms with Crippen LogP contribution in [0.1, 0.15) is 45.4 Å². The fourth-order valence-electron chi connectivity index (χ4n) is 2.25. The summed E-state index contributed by atoms with van der Waals surface area (Å²) in [5.74, 6) is 0. The van der Waals surface area contributed by atoms with E-state index in [1.165, 1.54) is 12.8 Å². The normalized spacial score (nSPS) is 19.0. The van der Waals surface area contributed by atoms with Crippen molar-refractivity contribution in [2.45, 2.75) is 51.0 Å². The third-order valence-electron chi connectivity index (χ3n) is 3.35. The van der Waals surface area contributed by atoms with Crippen LogP contribution >= 0.6 is 0 Å². The topological polar surface area (TPSA) is 70.6 Å². The van der Waals surface area contributed by atoms with Crippen LogP contribution in [-0.2, 0) is 4.74 Å². The maximum atomic E-state index is 11.5. The molecule has 0 bridgehead atoms. The SMILES string of the molecule is CCOCCNC(=O)NCC1(O)CCCCCC1. The van der Waals surface area contributed by atoms with Gasteiger partial charge in [-0.25, -0.2) is 4.79 Å². The number of ether oxygens (including phenoxy) is 1. The minimum absolute atomic E-state index is 0.229. The van der Waals surface area contributed by atoms with Crippen molar-refractivity contribution in [3.05, 3.63) is 0 Å². The zero-order chi connectivity index (χ0) is 13.3. The molecule has 0 aliphatic heterocycles. The molecule has 0 heterocycles. The molecule has 1 aliphatic rings. The van der Waals surface area contributed by atoms with E-state index in [0.717, 1.165) is 25.7 Å². The molecule has 0 aromatic carbocycles. The Balaban J connectivity index is 2.15. The second-order valence-corrected chi connectivity index (χ2v) is 4.94. The molecule has 0 aromatic rings. The first-order valence-electron chi connectivity index (χ1n) is 6.98. The zero-order valence-electron chi connectivity index (χ0n) is 11.3. The summed E-state index contributed by atoms with van der Waals surface area (Å²) in [4.78, 5) is 11.5. The van der Waals surface area contributed by atoms with Crippen molar-refractivity contribution < 1.29 is 14.6 Å². The van der Waals surface area contributed by atoms with Crippen LogP contribution in [0, 0.1) is 0 Å². The van der Waals surface area contributed by atoms with E-state index in [1.807, 2.05) is 6.92 Å². The van der Waals surface area contributed by atoms with Gasteiger partial charge in [0.05, 0.1) is 12.2 Å². The molecule has 0 atom stereocenters. The summed E-state index contributed by atoms with van der Waals surface area (Å²) in [7, 11) is 0. The van der Waals surface area contributed by atoms with Crippen molar-refractivity contribution >= 4 is 6.03 Å². The summed E-state index contributed by atoms with van der Waals surface area (Å²) >= 11 is 0. The second kappa shape index (κ2) is 8.32. The summed E-state index contributed by atoms with van der Waals surface area (Å²) in [6.45, 7) is 3.93. The first-order valence-corrected chi connectivity index (χ1v) is 6.98. The van der Waals surface area contributed by atoms with E-state index >= 15 is 0 Å². The first kappa shape index (κ1) is 15.2. The molecule has 18 heavy (non-hydrogen) atoms. The maximum Gasteiger partial charge on any atom is 0.314 e. The monoisotopic (exact) mass is 258 g/mol. The van der Waals surface area contributed by atoms with Crippen LogP contribution in [0.15, 0.2) is 0 Å². The first-order chi connectivity index (χ1) is 8.66. The highest BCUT2D eigenvalue weighted by molar-refractivity contribution is 5.73. The highest BCUT2D eigenvalue weighted by atomic mass is 16.5. The molecule has 0 radical (unpaired) electrons. The van der Waals surface area contributed by atoms with Gasteiger partial charge < -0.3 is 20.5 Å². The fourth-order valence-corrected chi connectivity index (χ4v) is 2.25.